The first-order chi connectivity index (χ1) is 13.4. The van der Waals surface area contributed by atoms with Gasteiger partial charge in [-0.1, -0.05) is 35.9 Å². The highest BCUT2D eigenvalue weighted by Gasteiger charge is 2.27. The Kier molecular flexibility index (Phi) is 6.59. The van der Waals surface area contributed by atoms with E-state index in [1.165, 1.54) is 17.7 Å². The molecule has 1 unspecified atom stereocenters. The van der Waals surface area contributed by atoms with E-state index in [2.05, 4.69) is 4.72 Å². The fourth-order valence-corrected chi connectivity index (χ4v) is 4.88. The van der Waals surface area contributed by atoms with Gasteiger partial charge in [0.25, 0.3) is 0 Å². The molecule has 0 spiro atoms. The number of carbonyl (C=O) groups is 1. The number of amides is 1. The number of methoxy groups -OCH3 is 1. The van der Waals surface area contributed by atoms with Crippen molar-refractivity contribution < 1.29 is 17.9 Å². The first-order valence-electron chi connectivity index (χ1n) is 9.06. The van der Waals surface area contributed by atoms with Gasteiger partial charge in [0, 0.05) is 32.0 Å². The van der Waals surface area contributed by atoms with Crippen LogP contribution in [0, 0.1) is 0 Å². The molecule has 8 heteroatoms. The molecule has 0 bridgehead atoms. The average Bonchev–Trinajstić information content (AvgIpc) is 3.18. The lowest BCUT2D eigenvalue weighted by atomic mass is 9.98. The zero-order valence-corrected chi connectivity index (χ0v) is 17.2. The molecule has 6 nitrogen and oxygen atoms in total. The maximum Gasteiger partial charge on any atom is 0.242 e. The van der Waals surface area contributed by atoms with E-state index in [0.29, 0.717) is 13.1 Å². The van der Waals surface area contributed by atoms with Crippen LogP contribution in [0.15, 0.2) is 53.4 Å². The fourth-order valence-electron chi connectivity index (χ4n) is 3.33. The lowest BCUT2D eigenvalue weighted by molar-refractivity contribution is -0.130. The molecule has 2 aromatic rings. The van der Waals surface area contributed by atoms with Crippen LogP contribution < -0.4 is 9.46 Å². The molecule has 1 atom stereocenters. The second kappa shape index (κ2) is 8.94. The van der Waals surface area contributed by atoms with E-state index in [1.807, 2.05) is 24.3 Å². The third-order valence-corrected chi connectivity index (χ3v) is 6.85. The maximum absolute atomic E-state index is 12.5. The molecule has 0 aliphatic carbocycles. The molecule has 0 saturated carbocycles. The number of nitrogens with one attached hydrogen (secondary N) is 1. The second-order valence-electron chi connectivity index (χ2n) is 6.68. The van der Waals surface area contributed by atoms with Crippen molar-refractivity contribution in [1.29, 1.82) is 0 Å². The molecule has 28 heavy (non-hydrogen) atoms. The van der Waals surface area contributed by atoms with Gasteiger partial charge in [-0.05, 0) is 36.2 Å². The van der Waals surface area contributed by atoms with Gasteiger partial charge >= 0.3 is 0 Å². The molecule has 150 valence electrons. The van der Waals surface area contributed by atoms with Crippen molar-refractivity contribution in [3.05, 3.63) is 59.1 Å². The number of nitrogens with zero attached hydrogens (tertiary/aromatic N) is 1. The van der Waals surface area contributed by atoms with E-state index >= 15 is 0 Å². The summed E-state index contributed by atoms with van der Waals surface area (Å²) in [5, 5.41) is 0.156. The first kappa shape index (κ1) is 20.6. The zero-order chi connectivity index (χ0) is 20.1. The summed E-state index contributed by atoms with van der Waals surface area (Å²) < 4.78 is 32.3. The predicted octanol–water partition coefficient (Wildman–Crippen LogP) is 3.03. The molecule has 1 aliphatic heterocycles. The normalized spacial score (nSPS) is 16.9. The van der Waals surface area contributed by atoms with Crippen LogP contribution >= 0.6 is 11.6 Å². The summed E-state index contributed by atoms with van der Waals surface area (Å²) in [5.41, 5.74) is 1.18. The third kappa shape index (κ3) is 4.84. The van der Waals surface area contributed by atoms with Crippen LogP contribution in [0.4, 0.5) is 0 Å². The molecule has 1 saturated heterocycles. The van der Waals surface area contributed by atoms with Gasteiger partial charge in [0.2, 0.25) is 15.9 Å². The molecule has 3 rings (SSSR count). The molecular weight excluding hydrogens is 400 g/mol. The van der Waals surface area contributed by atoms with Crippen molar-refractivity contribution >= 4 is 27.5 Å². The van der Waals surface area contributed by atoms with Gasteiger partial charge in [-0.3, -0.25) is 4.79 Å². The summed E-state index contributed by atoms with van der Waals surface area (Å²) in [6, 6.07) is 14.1. The van der Waals surface area contributed by atoms with Crippen LogP contribution in [0.25, 0.3) is 0 Å². The first-order valence-corrected chi connectivity index (χ1v) is 10.9. The van der Waals surface area contributed by atoms with Gasteiger partial charge in [0.15, 0.2) is 0 Å². The monoisotopic (exact) mass is 422 g/mol. The van der Waals surface area contributed by atoms with Gasteiger partial charge in [-0.2, -0.15) is 0 Å². The lowest BCUT2D eigenvalue weighted by Crippen LogP contribution is -2.33. The summed E-state index contributed by atoms with van der Waals surface area (Å²) >= 11 is 5.94. The zero-order valence-electron chi connectivity index (χ0n) is 15.6. The Morgan fingerprint density at radius 1 is 1.21 bits per heavy atom. The van der Waals surface area contributed by atoms with Crippen molar-refractivity contribution in [2.75, 3.05) is 26.7 Å². The summed E-state index contributed by atoms with van der Waals surface area (Å²) in [6.07, 6.45) is 1.00. The van der Waals surface area contributed by atoms with Crippen LogP contribution in [0.1, 0.15) is 24.3 Å². The van der Waals surface area contributed by atoms with Gasteiger partial charge in [-0.25, -0.2) is 13.1 Å². The Bertz CT molecular complexity index is 931. The molecule has 1 N–H and O–H groups in total. The Morgan fingerprint density at radius 3 is 2.61 bits per heavy atom. The quantitative estimate of drug-likeness (QED) is 0.744. The summed E-state index contributed by atoms with van der Waals surface area (Å²) in [5.74, 6) is 1.04. The van der Waals surface area contributed by atoms with Crippen molar-refractivity contribution in [2.45, 2.75) is 23.7 Å². The smallest absolute Gasteiger partial charge is 0.242 e. The van der Waals surface area contributed by atoms with E-state index in [0.717, 1.165) is 12.2 Å². The Morgan fingerprint density at radius 2 is 1.93 bits per heavy atom. The van der Waals surface area contributed by atoms with E-state index in [4.69, 9.17) is 16.3 Å². The van der Waals surface area contributed by atoms with Crippen molar-refractivity contribution in [3.63, 3.8) is 0 Å². The van der Waals surface area contributed by atoms with Crippen molar-refractivity contribution in [2.24, 2.45) is 0 Å². The predicted molar refractivity (Wildman–Crippen MR) is 108 cm³/mol. The van der Waals surface area contributed by atoms with Crippen molar-refractivity contribution in [1.82, 2.24) is 9.62 Å². The minimum Gasteiger partial charge on any atom is -0.497 e. The molecule has 0 aromatic heterocycles. The Balaban J connectivity index is 1.51. The van der Waals surface area contributed by atoms with Crippen LogP contribution in [0.2, 0.25) is 5.02 Å². The fraction of sp³-hybridized carbons (Fsp3) is 0.350. The van der Waals surface area contributed by atoms with Crippen LogP contribution in [-0.4, -0.2) is 46.0 Å². The van der Waals surface area contributed by atoms with E-state index < -0.39 is 10.0 Å². The number of likely N-dealkylation sites (tertiary alicyclic amines) is 1. The Hall–Kier alpha value is -2.09. The second-order valence-corrected chi connectivity index (χ2v) is 8.82. The maximum atomic E-state index is 12.5. The molecule has 1 heterocycles. The van der Waals surface area contributed by atoms with Crippen molar-refractivity contribution in [3.8, 4) is 5.75 Å². The molecule has 2 aromatic carbocycles. The molecule has 1 amide bonds. The Labute approximate surface area is 170 Å². The standard InChI is InChI=1S/C20H23ClN2O4S/c1-27-17-8-6-15(7-9-17)16-11-13-23(14-16)20(24)10-12-22-28(25,26)19-5-3-2-4-18(19)21/h2-9,16,22H,10-14H2,1H3. The van der Waals surface area contributed by atoms with Gasteiger partial charge < -0.3 is 9.64 Å². The summed E-state index contributed by atoms with van der Waals surface area (Å²) in [4.78, 5) is 14.3. The van der Waals surface area contributed by atoms with Gasteiger partial charge in [0.05, 0.1) is 12.1 Å². The topological polar surface area (TPSA) is 75.7 Å². The van der Waals surface area contributed by atoms with Crippen LogP contribution in [-0.2, 0) is 14.8 Å². The molecular formula is C20H23ClN2O4S. The highest BCUT2D eigenvalue weighted by Crippen LogP contribution is 2.28. The summed E-state index contributed by atoms with van der Waals surface area (Å²) in [7, 11) is -2.11. The number of benzene rings is 2. The number of halogens is 1. The minimum atomic E-state index is -3.74. The number of carbonyl (C=O) groups excluding carboxylic acids is 1. The SMILES string of the molecule is COc1ccc(C2CCN(C(=O)CCNS(=O)(=O)c3ccccc3Cl)C2)cc1. The summed E-state index contributed by atoms with van der Waals surface area (Å²) in [6.45, 7) is 1.35. The minimum absolute atomic E-state index is 0.0184. The third-order valence-electron chi connectivity index (χ3n) is 4.89. The number of hydrogen-bond acceptors (Lipinski definition) is 4. The highest BCUT2D eigenvalue weighted by atomic mass is 35.5. The van der Waals surface area contributed by atoms with Crippen LogP contribution in [0.3, 0.4) is 0 Å². The highest BCUT2D eigenvalue weighted by molar-refractivity contribution is 7.89. The lowest BCUT2D eigenvalue weighted by Gasteiger charge is -2.17. The van der Waals surface area contributed by atoms with E-state index in [1.54, 1.807) is 24.1 Å². The number of sulfonamides is 1. The number of ether oxygens (including phenoxy) is 1. The molecule has 1 fully saturated rings. The van der Waals surface area contributed by atoms with Gasteiger partial charge in [-0.15, -0.1) is 0 Å². The number of hydrogen-bond donors (Lipinski definition) is 1. The molecule has 1 aliphatic rings. The largest absolute Gasteiger partial charge is 0.497 e. The van der Waals surface area contributed by atoms with E-state index in [-0.39, 0.29) is 34.7 Å². The average molecular weight is 423 g/mol. The van der Waals surface area contributed by atoms with Crippen LogP contribution in [0.5, 0.6) is 5.75 Å². The van der Waals surface area contributed by atoms with E-state index in [9.17, 15) is 13.2 Å². The van der Waals surface area contributed by atoms with Gasteiger partial charge in [0.1, 0.15) is 10.6 Å². The molecule has 0 radical (unpaired) electrons. The number of rotatable bonds is 7.